The van der Waals surface area contributed by atoms with Crippen LogP contribution in [0.1, 0.15) is 110 Å². The Balaban J connectivity index is 3.12. The first-order valence-electron chi connectivity index (χ1n) is 9.68. The maximum atomic E-state index is 10.5. The van der Waals surface area contributed by atoms with Crippen LogP contribution in [-0.4, -0.2) is 11.0 Å². The second-order valence-corrected chi connectivity index (χ2v) is 8.43. The van der Waals surface area contributed by atoms with Crippen molar-refractivity contribution in [3.63, 3.8) is 0 Å². The summed E-state index contributed by atoms with van der Waals surface area (Å²) in [4.78, 5) is 21.1. The second-order valence-electron chi connectivity index (χ2n) is 6.76. The van der Waals surface area contributed by atoms with E-state index < -0.39 is 13.4 Å². The van der Waals surface area contributed by atoms with E-state index in [1.807, 2.05) is 0 Å². The summed E-state index contributed by atoms with van der Waals surface area (Å²) in [5, 5.41) is 9.10. The van der Waals surface area contributed by atoms with Gasteiger partial charge in [-0.05, 0) is 14.0 Å². The van der Waals surface area contributed by atoms with Gasteiger partial charge >= 0.3 is 0 Å². The van der Waals surface area contributed by atoms with Crippen molar-refractivity contribution >= 4 is 7.60 Å². The van der Waals surface area contributed by atoms with Gasteiger partial charge in [-0.3, -0.25) is 0 Å². The summed E-state index contributed by atoms with van der Waals surface area (Å²) in [6.45, 7) is 2.25. The van der Waals surface area contributed by atoms with Crippen molar-refractivity contribution in [2.75, 3.05) is 0 Å². The van der Waals surface area contributed by atoms with E-state index in [1.54, 1.807) is 0 Å². The van der Waals surface area contributed by atoms with Crippen molar-refractivity contribution < 1.29 is 19.5 Å². The third-order valence-electron chi connectivity index (χ3n) is 4.43. The molecule has 0 bridgehead atoms. The summed E-state index contributed by atoms with van der Waals surface area (Å²) in [5.41, 5.74) is 0. The maximum absolute atomic E-state index is 10.5. The smallest absolute Gasteiger partial charge is 0.0807 e. The number of unbranched alkanes of at least 4 members (excludes halogenated alkanes) is 14. The first-order valence-corrected chi connectivity index (χ1v) is 11.3. The van der Waals surface area contributed by atoms with E-state index in [4.69, 9.17) is 5.11 Å². The minimum atomic E-state index is -4.79. The zero-order valence-electron chi connectivity index (χ0n) is 15.0. The Morgan fingerprint density at radius 1 is 0.696 bits per heavy atom. The summed E-state index contributed by atoms with van der Waals surface area (Å²) in [7, 11) is -4.79. The van der Waals surface area contributed by atoms with Crippen LogP contribution in [0, 0.1) is 0 Å². The monoisotopic (exact) mass is 348 g/mol. The van der Waals surface area contributed by atoms with Gasteiger partial charge in [0.2, 0.25) is 0 Å². The van der Waals surface area contributed by atoms with Crippen molar-refractivity contribution in [3.05, 3.63) is 0 Å². The Morgan fingerprint density at radius 2 is 1.00 bits per heavy atom. The summed E-state index contributed by atoms with van der Waals surface area (Å²) in [6, 6.07) is 0. The molecule has 0 rings (SSSR count). The van der Waals surface area contributed by atoms with Gasteiger partial charge in [0.05, 0.1) is 5.85 Å². The highest BCUT2D eigenvalue weighted by Gasteiger charge is 2.07. The Labute approximate surface area is 143 Å². The summed E-state index contributed by atoms with van der Waals surface area (Å²) in [6.07, 6.45) is 18.7. The molecule has 1 N–H and O–H groups in total. The zero-order valence-corrected chi connectivity index (χ0v) is 15.9. The molecule has 23 heavy (non-hydrogen) atoms. The van der Waals surface area contributed by atoms with E-state index in [0.717, 1.165) is 12.8 Å². The Morgan fingerprint density at radius 3 is 1.30 bits per heavy atom. The molecule has 5 heteroatoms. The van der Waals surface area contributed by atoms with Gasteiger partial charge in [-0.15, -0.1) is 0 Å². The molecule has 0 aromatic heterocycles. The lowest BCUT2D eigenvalue weighted by molar-refractivity contribution is -0.322. The van der Waals surface area contributed by atoms with E-state index in [9.17, 15) is 14.4 Å². The molecule has 0 saturated carbocycles. The van der Waals surface area contributed by atoms with Gasteiger partial charge in [0.15, 0.2) is 0 Å². The number of rotatable bonds is 17. The minimum absolute atomic E-state index is 0.0858. The maximum Gasteiger partial charge on any atom is 0.0807 e. The second kappa shape index (κ2) is 15.6. The van der Waals surface area contributed by atoms with Crippen LogP contribution in [0.3, 0.4) is 0 Å². The molecule has 1 atom stereocenters. The van der Waals surface area contributed by atoms with Crippen molar-refractivity contribution in [3.8, 4) is 0 Å². The summed E-state index contributed by atoms with van der Waals surface area (Å²) < 4.78 is 10.5. The predicted octanol–water partition coefficient (Wildman–Crippen LogP) is 4.48. The molecule has 0 aliphatic carbocycles. The molecule has 1 unspecified atom stereocenters. The molecule has 0 radical (unpaired) electrons. The summed E-state index contributed by atoms with van der Waals surface area (Å²) >= 11 is 0. The number of hydrogen-bond acceptors (Lipinski definition) is 4. The van der Waals surface area contributed by atoms with E-state index in [2.05, 4.69) is 6.92 Å². The van der Waals surface area contributed by atoms with Crippen molar-refractivity contribution in [1.29, 1.82) is 0 Å². The first-order chi connectivity index (χ1) is 11.0. The largest absolute Gasteiger partial charge is 0.809 e. The van der Waals surface area contributed by atoms with E-state index in [-0.39, 0.29) is 6.42 Å². The van der Waals surface area contributed by atoms with Crippen LogP contribution >= 0.6 is 7.60 Å². The highest BCUT2D eigenvalue weighted by Crippen LogP contribution is 2.32. The Bertz CT molecular complexity index is 291. The molecule has 0 aliphatic rings. The zero-order chi connectivity index (χ0) is 17.4. The average molecular weight is 348 g/mol. The fraction of sp³-hybridized carbons (Fsp3) is 1.00. The SMILES string of the molecule is CCCCCCCCCCCCCCCCCC(O)P(=O)([O-])[O-]. The normalized spacial score (nSPS) is 13.4. The van der Waals surface area contributed by atoms with Crippen molar-refractivity contribution in [1.82, 2.24) is 0 Å². The van der Waals surface area contributed by atoms with E-state index in [1.165, 1.54) is 77.0 Å². The van der Waals surface area contributed by atoms with Crippen molar-refractivity contribution in [2.24, 2.45) is 0 Å². The first kappa shape index (κ1) is 23.1. The van der Waals surface area contributed by atoms with Gasteiger partial charge in [0.25, 0.3) is 0 Å². The van der Waals surface area contributed by atoms with Crippen molar-refractivity contribution in [2.45, 2.75) is 116 Å². The molecule has 0 aromatic rings. The van der Waals surface area contributed by atoms with Crippen LogP contribution in [0.15, 0.2) is 0 Å². The minimum Gasteiger partial charge on any atom is -0.809 e. The molecular weight excluding hydrogens is 311 g/mol. The third kappa shape index (κ3) is 16.7. The number of hydrogen-bond donors (Lipinski definition) is 1. The van der Waals surface area contributed by atoms with Crippen LogP contribution in [-0.2, 0) is 4.57 Å². The quantitative estimate of drug-likeness (QED) is 0.310. The third-order valence-corrected chi connectivity index (χ3v) is 5.42. The fourth-order valence-corrected chi connectivity index (χ4v) is 3.36. The molecular formula is C18H37O4P-2. The van der Waals surface area contributed by atoms with Crippen LogP contribution in [0.5, 0.6) is 0 Å². The van der Waals surface area contributed by atoms with Crippen LogP contribution < -0.4 is 9.79 Å². The Hall–Kier alpha value is 0.110. The standard InChI is InChI=1S/C18H39O4P/c1-2-3-4-5-6-7-8-9-10-11-12-13-14-15-16-17-18(19)23(20,21)22/h18-19H,2-17H2,1H3,(H2,20,21,22)/p-2. The molecule has 0 amide bonds. The molecule has 0 fully saturated rings. The van der Waals surface area contributed by atoms with Crippen LogP contribution in [0.2, 0.25) is 0 Å². The van der Waals surface area contributed by atoms with Gasteiger partial charge in [-0.25, -0.2) is 0 Å². The molecule has 0 saturated heterocycles. The lowest BCUT2D eigenvalue weighted by atomic mass is 10.0. The number of aliphatic hydroxyl groups is 1. The lowest BCUT2D eigenvalue weighted by Gasteiger charge is -2.34. The number of aliphatic hydroxyl groups excluding tert-OH is 1. The molecule has 0 spiro atoms. The van der Waals surface area contributed by atoms with Crippen LogP contribution in [0.25, 0.3) is 0 Å². The lowest BCUT2D eigenvalue weighted by Crippen LogP contribution is -2.25. The van der Waals surface area contributed by atoms with E-state index >= 15 is 0 Å². The summed E-state index contributed by atoms with van der Waals surface area (Å²) in [5.74, 6) is -1.69. The van der Waals surface area contributed by atoms with Gasteiger partial charge in [-0.2, -0.15) is 0 Å². The fourth-order valence-electron chi connectivity index (χ4n) is 2.86. The molecule has 0 aliphatic heterocycles. The van der Waals surface area contributed by atoms with Gasteiger partial charge < -0.3 is 19.5 Å². The van der Waals surface area contributed by atoms with Gasteiger partial charge in [-0.1, -0.05) is 103 Å². The predicted molar refractivity (Wildman–Crippen MR) is 93.2 cm³/mol. The average Bonchev–Trinajstić information content (AvgIpc) is 2.50. The highest BCUT2D eigenvalue weighted by atomic mass is 31.2. The molecule has 0 heterocycles. The molecule has 0 aromatic carbocycles. The topological polar surface area (TPSA) is 83.4 Å². The highest BCUT2D eigenvalue weighted by molar-refractivity contribution is 7.49. The van der Waals surface area contributed by atoms with Gasteiger partial charge in [0, 0.05) is 0 Å². The molecule has 140 valence electrons. The van der Waals surface area contributed by atoms with E-state index in [0.29, 0.717) is 6.42 Å². The Kier molecular flexibility index (Phi) is 15.7. The van der Waals surface area contributed by atoms with Gasteiger partial charge in [0.1, 0.15) is 0 Å². The van der Waals surface area contributed by atoms with Crippen LogP contribution in [0.4, 0.5) is 0 Å². The molecule has 4 nitrogen and oxygen atoms in total.